The van der Waals surface area contributed by atoms with Crippen LogP contribution >= 0.6 is 0 Å². The van der Waals surface area contributed by atoms with Crippen molar-refractivity contribution < 1.29 is 0 Å². The summed E-state index contributed by atoms with van der Waals surface area (Å²) in [5.74, 6) is 5.99. The molecule has 1 atom stereocenters. The maximum Gasteiger partial charge on any atom is 0.124 e. The van der Waals surface area contributed by atoms with Gasteiger partial charge in [0, 0.05) is 18.0 Å². The largest absolute Gasteiger partial charge is 0.384 e. The number of H-pyrrole nitrogens is 1. The number of nitrogens with two attached hydrogens (primary N) is 2. The number of nitrogens with one attached hydrogen (secondary N) is 2. The number of pyridine rings is 1. The van der Waals surface area contributed by atoms with Gasteiger partial charge in [-0.2, -0.15) is 5.10 Å². The lowest BCUT2D eigenvalue weighted by Gasteiger charge is -2.14. The van der Waals surface area contributed by atoms with Crippen LogP contribution in [0.1, 0.15) is 17.2 Å². The molecular formula is C9H12N6. The van der Waals surface area contributed by atoms with E-state index in [2.05, 4.69) is 20.6 Å². The lowest BCUT2D eigenvalue weighted by Crippen LogP contribution is -2.29. The molecule has 0 spiro atoms. The van der Waals surface area contributed by atoms with E-state index in [1.807, 2.05) is 12.1 Å². The minimum atomic E-state index is -0.197. The third kappa shape index (κ3) is 1.80. The lowest BCUT2D eigenvalue weighted by molar-refractivity contribution is 0.636. The van der Waals surface area contributed by atoms with Crippen LogP contribution in [0.2, 0.25) is 0 Å². The van der Waals surface area contributed by atoms with Crippen molar-refractivity contribution in [2.24, 2.45) is 5.84 Å². The molecule has 0 fully saturated rings. The summed E-state index contributed by atoms with van der Waals surface area (Å²) in [6.45, 7) is 0. The van der Waals surface area contributed by atoms with Crippen LogP contribution in [-0.4, -0.2) is 15.2 Å². The highest BCUT2D eigenvalue weighted by atomic mass is 15.2. The van der Waals surface area contributed by atoms with Crippen molar-refractivity contribution in [3.8, 4) is 0 Å². The number of nitrogens with zero attached hydrogens (tertiary/aromatic N) is 2. The molecule has 2 aromatic heterocycles. The molecule has 0 aliphatic carbocycles. The molecule has 2 heterocycles. The van der Waals surface area contributed by atoms with Crippen molar-refractivity contribution >= 4 is 5.82 Å². The van der Waals surface area contributed by atoms with Crippen molar-refractivity contribution in [3.63, 3.8) is 0 Å². The summed E-state index contributed by atoms with van der Waals surface area (Å²) in [5.41, 5.74) is 10.2. The van der Waals surface area contributed by atoms with E-state index in [9.17, 15) is 0 Å². The molecule has 6 heteroatoms. The van der Waals surface area contributed by atoms with Gasteiger partial charge in [0.25, 0.3) is 0 Å². The SMILES string of the molecule is NNC(c1cccnc1)c1cn[nH]c1N. The number of hydrogen-bond acceptors (Lipinski definition) is 5. The molecular weight excluding hydrogens is 192 g/mol. The third-order valence-electron chi connectivity index (χ3n) is 2.20. The molecule has 15 heavy (non-hydrogen) atoms. The first-order valence-electron chi connectivity index (χ1n) is 4.47. The van der Waals surface area contributed by atoms with Gasteiger partial charge in [0.2, 0.25) is 0 Å². The fraction of sp³-hybridized carbons (Fsp3) is 0.111. The van der Waals surface area contributed by atoms with E-state index in [4.69, 9.17) is 11.6 Å². The predicted molar refractivity (Wildman–Crippen MR) is 56.4 cm³/mol. The van der Waals surface area contributed by atoms with Crippen LogP contribution in [0.4, 0.5) is 5.82 Å². The second-order valence-corrected chi connectivity index (χ2v) is 3.13. The molecule has 2 aromatic rings. The summed E-state index contributed by atoms with van der Waals surface area (Å²) in [6, 6.07) is 3.57. The molecule has 2 rings (SSSR count). The van der Waals surface area contributed by atoms with Crippen LogP contribution in [0, 0.1) is 0 Å². The second kappa shape index (κ2) is 4.07. The molecule has 6 N–H and O–H groups in total. The van der Waals surface area contributed by atoms with Gasteiger partial charge in [0.1, 0.15) is 5.82 Å². The molecule has 0 aliphatic rings. The van der Waals surface area contributed by atoms with Crippen LogP contribution < -0.4 is 17.0 Å². The lowest BCUT2D eigenvalue weighted by atomic mass is 10.0. The third-order valence-corrected chi connectivity index (χ3v) is 2.20. The molecule has 1 unspecified atom stereocenters. The fourth-order valence-electron chi connectivity index (χ4n) is 1.45. The summed E-state index contributed by atoms with van der Waals surface area (Å²) in [6.07, 6.45) is 5.08. The number of nitrogen functional groups attached to an aromatic ring is 1. The van der Waals surface area contributed by atoms with Crippen LogP contribution in [0.25, 0.3) is 0 Å². The Morgan fingerprint density at radius 1 is 1.40 bits per heavy atom. The zero-order chi connectivity index (χ0) is 10.7. The van der Waals surface area contributed by atoms with Gasteiger partial charge in [-0.15, -0.1) is 0 Å². The van der Waals surface area contributed by atoms with Crippen LogP contribution in [0.3, 0.4) is 0 Å². The van der Waals surface area contributed by atoms with E-state index in [-0.39, 0.29) is 6.04 Å². The van der Waals surface area contributed by atoms with Crippen molar-refractivity contribution in [1.29, 1.82) is 0 Å². The Hall–Kier alpha value is -1.92. The molecule has 0 amide bonds. The standard InChI is InChI=1S/C9H12N6/c10-9-7(5-13-15-9)8(14-11)6-2-1-3-12-4-6/h1-5,8,14H,11H2,(H3,10,13,15). The molecule has 0 saturated carbocycles. The summed E-state index contributed by atoms with van der Waals surface area (Å²) in [4.78, 5) is 4.03. The topological polar surface area (TPSA) is 106 Å². The average Bonchev–Trinajstić information content (AvgIpc) is 2.68. The smallest absolute Gasteiger partial charge is 0.124 e. The Balaban J connectivity index is 2.37. The Morgan fingerprint density at radius 2 is 2.27 bits per heavy atom. The van der Waals surface area contributed by atoms with E-state index >= 15 is 0 Å². The Morgan fingerprint density at radius 3 is 2.80 bits per heavy atom. The molecule has 0 radical (unpaired) electrons. The molecule has 0 aromatic carbocycles. The normalized spacial score (nSPS) is 12.6. The minimum Gasteiger partial charge on any atom is -0.384 e. The zero-order valence-corrected chi connectivity index (χ0v) is 8.01. The Bertz CT molecular complexity index is 423. The van der Waals surface area contributed by atoms with Crippen LogP contribution in [0.15, 0.2) is 30.7 Å². The summed E-state index contributed by atoms with van der Waals surface area (Å²) < 4.78 is 0. The second-order valence-electron chi connectivity index (χ2n) is 3.13. The highest BCUT2D eigenvalue weighted by Crippen LogP contribution is 2.23. The van der Waals surface area contributed by atoms with E-state index in [1.54, 1.807) is 18.6 Å². The average molecular weight is 204 g/mol. The Labute approximate surface area is 86.7 Å². The number of hydrogen-bond donors (Lipinski definition) is 4. The zero-order valence-electron chi connectivity index (χ0n) is 8.01. The quantitative estimate of drug-likeness (QED) is 0.414. The molecule has 0 aliphatic heterocycles. The predicted octanol–water partition coefficient (Wildman–Crippen LogP) is -0.0604. The first-order valence-corrected chi connectivity index (χ1v) is 4.47. The maximum absolute atomic E-state index is 5.72. The van der Waals surface area contributed by atoms with Gasteiger partial charge in [0.15, 0.2) is 0 Å². The number of rotatable bonds is 3. The number of aromatic amines is 1. The van der Waals surface area contributed by atoms with Crippen LogP contribution in [0.5, 0.6) is 0 Å². The fourth-order valence-corrected chi connectivity index (χ4v) is 1.45. The minimum absolute atomic E-state index is 0.197. The highest BCUT2D eigenvalue weighted by molar-refractivity contribution is 5.43. The van der Waals surface area contributed by atoms with Crippen molar-refractivity contribution in [2.75, 3.05) is 5.73 Å². The van der Waals surface area contributed by atoms with Gasteiger partial charge in [-0.25, -0.2) is 5.43 Å². The van der Waals surface area contributed by atoms with Gasteiger partial charge in [0.05, 0.1) is 12.2 Å². The van der Waals surface area contributed by atoms with Crippen molar-refractivity contribution in [2.45, 2.75) is 6.04 Å². The molecule has 0 bridgehead atoms. The van der Waals surface area contributed by atoms with Crippen molar-refractivity contribution in [3.05, 3.63) is 41.9 Å². The van der Waals surface area contributed by atoms with Crippen LogP contribution in [-0.2, 0) is 0 Å². The first kappa shape index (κ1) is 9.63. The number of anilines is 1. The number of aromatic nitrogens is 3. The van der Waals surface area contributed by atoms with Gasteiger partial charge >= 0.3 is 0 Å². The van der Waals surface area contributed by atoms with Gasteiger partial charge < -0.3 is 5.73 Å². The van der Waals surface area contributed by atoms with E-state index < -0.39 is 0 Å². The van der Waals surface area contributed by atoms with Gasteiger partial charge in [-0.05, 0) is 11.6 Å². The van der Waals surface area contributed by atoms with E-state index in [0.29, 0.717) is 5.82 Å². The van der Waals surface area contributed by atoms with E-state index in [1.165, 1.54) is 0 Å². The summed E-state index contributed by atoms with van der Waals surface area (Å²) in [5, 5.41) is 6.52. The summed E-state index contributed by atoms with van der Waals surface area (Å²) >= 11 is 0. The maximum atomic E-state index is 5.72. The first-order chi connectivity index (χ1) is 7.33. The Kier molecular flexibility index (Phi) is 2.61. The summed E-state index contributed by atoms with van der Waals surface area (Å²) in [7, 11) is 0. The van der Waals surface area contributed by atoms with Crippen molar-refractivity contribution in [1.82, 2.24) is 20.6 Å². The molecule has 0 saturated heterocycles. The van der Waals surface area contributed by atoms with Gasteiger partial charge in [-0.1, -0.05) is 6.07 Å². The monoisotopic (exact) mass is 204 g/mol. The van der Waals surface area contributed by atoms with Gasteiger partial charge in [-0.3, -0.25) is 15.9 Å². The number of hydrazine groups is 1. The highest BCUT2D eigenvalue weighted by Gasteiger charge is 2.16. The molecule has 78 valence electrons. The molecule has 6 nitrogen and oxygen atoms in total. The van der Waals surface area contributed by atoms with E-state index in [0.717, 1.165) is 11.1 Å².